The molecule has 3 nitrogen and oxygen atoms in total. The Bertz CT molecular complexity index is 2560. The van der Waals surface area contributed by atoms with E-state index in [1.165, 1.54) is 50.2 Å². The molecule has 3 heterocycles. The molecule has 49 heavy (non-hydrogen) atoms. The quantitative estimate of drug-likeness (QED) is 0.193. The minimum absolute atomic E-state index is 0.427. The van der Waals surface area contributed by atoms with Crippen molar-refractivity contribution in [2.45, 2.75) is 18.3 Å². The van der Waals surface area contributed by atoms with Gasteiger partial charge < -0.3 is 4.90 Å². The maximum atomic E-state index is 5.01. The van der Waals surface area contributed by atoms with Crippen molar-refractivity contribution in [1.29, 1.82) is 0 Å². The molecule has 3 heteroatoms. The van der Waals surface area contributed by atoms with Gasteiger partial charge in [-0.2, -0.15) is 0 Å². The molecule has 0 bridgehead atoms. The maximum Gasteiger partial charge on any atom is 0.145 e. The molecule has 0 N–H and O–H groups in total. The molecule has 0 saturated carbocycles. The summed E-state index contributed by atoms with van der Waals surface area (Å²) in [5.74, 6) is 0. The highest BCUT2D eigenvalue weighted by Gasteiger charge is 2.46. The third-order valence-electron chi connectivity index (χ3n) is 10.5. The van der Waals surface area contributed by atoms with E-state index in [9.17, 15) is 0 Å². The van der Waals surface area contributed by atoms with E-state index in [0.717, 1.165) is 40.6 Å². The fourth-order valence-electron chi connectivity index (χ4n) is 8.39. The molecule has 0 atom stereocenters. The predicted octanol–water partition coefficient (Wildman–Crippen LogP) is 11.7. The molecule has 0 fully saturated rings. The summed E-state index contributed by atoms with van der Waals surface area (Å²) in [6, 6.07) is 55.2. The van der Waals surface area contributed by atoms with Crippen LogP contribution in [0.1, 0.15) is 29.5 Å². The molecule has 0 radical (unpaired) electrons. The Morgan fingerprint density at radius 2 is 1.22 bits per heavy atom. The van der Waals surface area contributed by atoms with Crippen molar-refractivity contribution in [2.75, 3.05) is 4.90 Å². The standard InChI is InChI=1S/C46H33N3/c1-3-15-33(16-4-1)46(34-17-5-2-6-18-34)39-21-9-12-24-42(39)49(43-25-13-10-22-40(43)46)35-29-27-32(28-30-35)38-31-48-44-26-14-11-23-41(44)47-45(48)37-20-8-7-19-36(37)38/h1,3-5,7-31H,2,6H2. The van der Waals surface area contributed by atoms with E-state index in [1.54, 1.807) is 0 Å². The number of benzene rings is 6. The van der Waals surface area contributed by atoms with Crippen molar-refractivity contribution in [1.82, 2.24) is 9.38 Å². The van der Waals surface area contributed by atoms with Gasteiger partial charge >= 0.3 is 0 Å². The maximum absolute atomic E-state index is 5.01. The van der Waals surface area contributed by atoms with Crippen molar-refractivity contribution in [3.8, 4) is 11.1 Å². The molecule has 2 aromatic heterocycles. The summed E-state index contributed by atoms with van der Waals surface area (Å²) in [5.41, 5.74) is 13.8. The topological polar surface area (TPSA) is 20.5 Å². The summed E-state index contributed by atoms with van der Waals surface area (Å²) in [6.45, 7) is 0. The van der Waals surface area contributed by atoms with E-state index < -0.39 is 5.41 Å². The summed E-state index contributed by atoms with van der Waals surface area (Å²) in [6.07, 6.45) is 11.5. The van der Waals surface area contributed by atoms with E-state index in [4.69, 9.17) is 4.98 Å². The van der Waals surface area contributed by atoms with Crippen molar-refractivity contribution >= 4 is 44.5 Å². The summed E-state index contributed by atoms with van der Waals surface area (Å²) >= 11 is 0. The first-order valence-electron chi connectivity index (χ1n) is 17.1. The van der Waals surface area contributed by atoms with Gasteiger partial charge in [0.1, 0.15) is 5.65 Å². The Morgan fingerprint density at radius 1 is 0.571 bits per heavy atom. The van der Waals surface area contributed by atoms with Crippen LogP contribution in [0.5, 0.6) is 0 Å². The van der Waals surface area contributed by atoms with Gasteiger partial charge in [-0.25, -0.2) is 4.98 Å². The Labute approximate surface area is 285 Å². The first-order valence-corrected chi connectivity index (χ1v) is 17.1. The minimum atomic E-state index is -0.427. The van der Waals surface area contributed by atoms with Crippen LogP contribution in [0, 0.1) is 0 Å². The zero-order valence-corrected chi connectivity index (χ0v) is 27.0. The summed E-state index contributed by atoms with van der Waals surface area (Å²) in [5, 5.41) is 2.36. The Kier molecular flexibility index (Phi) is 6.22. The lowest BCUT2D eigenvalue weighted by atomic mass is 9.61. The molecule has 0 spiro atoms. The average Bonchev–Trinajstić information content (AvgIpc) is 3.56. The van der Waals surface area contributed by atoms with Crippen molar-refractivity contribution < 1.29 is 0 Å². The monoisotopic (exact) mass is 627 g/mol. The highest BCUT2D eigenvalue weighted by atomic mass is 15.2. The van der Waals surface area contributed by atoms with E-state index in [2.05, 4.69) is 185 Å². The number of imidazole rings is 1. The summed E-state index contributed by atoms with van der Waals surface area (Å²) in [4.78, 5) is 7.46. The van der Waals surface area contributed by atoms with Gasteiger partial charge in [-0.1, -0.05) is 133 Å². The molecule has 0 amide bonds. The first-order chi connectivity index (χ1) is 24.3. The van der Waals surface area contributed by atoms with Gasteiger partial charge in [0, 0.05) is 22.8 Å². The molecule has 6 aromatic carbocycles. The smallest absolute Gasteiger partial charge is 0.145 e. The lowest BCUT2D eigenvalue weighted by Crippen LogP contribution is -2.38. The zero-order valence-electron chi connectivity index (χ0n) is 27.0. The number of aromatic nitrogens is 2. The van der Waals surface area contributed by atoms with Crippen LogP contribution in [0.25, 0.3) is 38.6 Å². The summed E-state index contributed by atoms with van der Waals surface area (Å²) < 4.78 is 2.25. The predicted molar refractivity (Wildman–Crippen MR) is 203 cm³/mol. The van der Waals surface area contributed by atoms with Crippen molar-refractivity contribution in [2.24, 2.45) is 0 Å². The van der Waals surface area contributed by atoms with Crippen LogP contribution < -0.4 is 4.90 Å². The second kappa shape index (κ2) is 10.9. The number of fused-ring (bicyclic) bond motifs is 7. The third kappa shape index (κ3) is 4.06. The molecule has 1 aliphatic carbocycles. The second-order valence-electron chi connectivity index (χ2n) is 13.1. The van der Waals surface area contributed by atoms with Crippen LogP contribution in [0.4, 0.5) is 17.1 Å². The van der Waals surface area contributed by atoms with Crippen LogP contribution in [-0.2, 0) is 5.41 Å². The first kappa shape index (κ1) is 27.9. The zero-order chi connectivity index (χ0) is 32.4. The van der Waals surface area contributed by atoms with Crippen LogP contribution in [-0.4, -0.2) is 9.38 Å². The molecule has 2 aliphatic rings. The van der Waals surface area contributed by atoms with Gasteiger partial charge in [-0.15, -0.1) is 0 Å². The van der Waals surface area contributed by atoms with Crippen molar-refractivity contribution in [3.05, 3.63) is 198 Å². The molecule has 8 aromatic rings. The Balaban J connectivity index is 1.17. The van der Waals surface area contributed by atoms with Crippen LogP contribution in [0.2, 0.25) is 0 Å². The van der Waals surface area contributed by atoms with Crippen LogP contribution in [0.15, 0.2) is 182 Å². The lowest BCUT2D eigenvalue weighted by molar-refractivity contribution is 0.718. The Hall–Kier alpha value is -6.19. The van der Waals surface area contributed by atoms with Crippen LogP contribution in [0.3, 0.4) is 0 Å². The second-order valence-corrected chi connectivity index (χ2v) is 13.1. The average molecular weight is 628 g/mol. The molecular weight excluding hydrogens is 595 g/mol. The fourth-order valence-corrected chi connectivity index (χ4v) is 8.39. The van der Waals surface area contributed by atoms with Gasteiger partial charge in [-0.3, -0.25) is 4.40 Å². The van der Waals surface area contributed by atoms with Gasteiger partial charge in [0.15, 0.2) is 0 Å². The number of pyridine rings is 1. The highest BCUT2D eigenvalue weighted by molar-refractivity contribution is 6.05. The number of allylic oxidation sites excluding steroid dienone is 4. The highest BCUT2D eigenvalue weighted by Crippen LogP contribution is 2.58. The van der Waals surface area contributed by atoms with Gasteiger partial charge in [0.25, 0.3) is 0 Å². The molecule has 1 aliphatic heterocycles. The molecule has 232 valence electrons. The summed E-state index contributed by atoms with van der Waals surface area (Å²) in [7, 11) is 0. The SMILES string of the molecule is C1=CC(C2(c3ccccc3)c3ccccc3N(c3ccc(-c4cn5c6ccccc6nc5c5ccccc45)cc3)c3ccccc32)=CCC1. The third-order valence-corrected chi connectivity index (χ3v) is 10.5. The number of para-hydroxylation sites is 4. The fraction of sp³-hybridized carbons (Fsp3) is 0.0652. The number of anilines is 3. The normalized spacial score (nSPS) is 14.9. The minimum Gasteiger partial charge on any atom is -0.310 e. The number of hydrogen-bond donors (Lipinski definition) is 0. The number of nitrogens with zero attached hydrogens (tertiary/aromatic N) is 3. The molecule has 0 unspecified atom stereocenters. The van der Waals surface area contributed by atoms with Crippen molar-refractivity contribution in [3.63, 3.8) is 0 Å². The van der Waals surface area contributed by atoms with E-state index in [-0.39, 0.29) is 0 Å². The molecule has 10 rings (SSSR count). The molecular formula is C46H33N3. The van der Waals surface area contributed by atoms with E-state index in [1.807, 2.05) is 0 Å². The molecule has 0 saturated heterocycles. The number of rotatable bonds is 4. The van der Waals surface area contributed by atoms with Gasteiger partial charge in [0.05, 0.1) is 27.8 Å². The number of hydrogen-bond acceptors (Lipinski definition) is 2. The van der Waals surface area contributed by atoms with E-state index in [0.29, 0.717) is 0 Å². The largest absolute Gasteiger partial charge is 0.310 e. The lowest BCUT2D eigenvalue weighted by Gasteiger charge is -2.47. The Morgan fingerprint density at radius 3 is 1.96 bits per heavy atom. The van der Waals surface area contributed by atoms with Crippen LogP contribution >= 0.6 is 0 Å². The van der Waals surface area contributed by atoms with Gasteiger partial charge in [0.2, 0.25) is 0 Å². The van der Waals surface area contributed by atoms with E-state index >= 15 is 0 Å². The van der Waals surface area contributed by atoms with Gasteiger partial charge in [-0.05, 0) is 82.5 Å².